The minimum absolute atomic E-state index is 0.119. The van der Waals surface area contributed by atoms with E-state index in [9.17, 15) is 30.6 Å². The fourth-order valence-electron chi connectivity index (χ4n) is 1.72. The summed E-state index contributed by atoms with van der Waals surface area (Å²) in [5.74, 6) is -10.5. The van der Waals surface area contributed by atoms with Crippen LogP contribution in [-0.4, -0.2) is 77.8 Å². The number of aliphatic hydroxyl groups is 7. The molecule has 7 N–H and O–H groups in total. The van der Waals surface area contributed by atoms with E-state index in [4.69, 9.17) is 5.11 Å². The number of rotatable bonds is 10. The predicted molar refractivity (Wildman–Crippen MR) is 70.0 cm³/mol. The van der Waals surface area contributed by atoms with Crippen LogP contribution in [0.1, 0.15) is 39.5 Å². The van der Waals surface area contributed by atoms with Gasteiger partial charge in [-0.05, 0) is 12.8 Å². The van der Waals surface area contributed by atoms with E-state index in [1.54, 1.807) is 0 Å². The second kappa shape index (κ2) is 7.62. The van der Waals surface area contributed by atoms with E-state index in [0.717, 1.165) is 17.7 Å². The van der Waals surface area contributed by atoms with Gasteiger partial charge in [0, 0.05) is 13.1 Å². The Kier molecular flexibility index (Phi) is 7.50. The third-order valence-corrected chi connectivity index (χ3v) is 3.25. The van der Waals surface area contributed by atoms with Crippen LogP contribution >= 0.6 is 0 Å². The third-order valence-electron chi connectivity index (χ3n) is 3.25. The van der Waals surface area contributed by atoms with Crippen LogP contribution in [0.15, 0.2) is 0 Å². The molecule has 20 heavy (non-hydrogen) atoms. The molecule has 0 aromatic rings. The average molecular weight is 297 g/mol. The molecule has 0 amide bonds. The first-order valence-corrected chi connectivity index (χ1v) is 6.78. The number of unbranched alkanes of at least 4 members (excludes halogenated alkanes) is 2. The quantitative estimate of drug-likeness (QED) is 0.227. The molecular formula is C12H27NO7. The molecule has 0 bridgehead atoms. The maximum absolute atomic E-state index is 9.97. The smallest absolute Gasteiger partial charge is 0.292 e. The van der Waals surface area contributed by atoms with Crippen molar-refractivity contribution in [1.82, 2.24) is 4.90 Å². The lowest BCUT2D eigenvalue weighted by Crippen LogP contribution is -2.75. The Bertz CT molecular complexity index is 273. The number of hydrogen-bond acceptors (Lipinski definition) is 8. The Labute approximate surface area is 118 Å². The van der Waals surface area contributed by atoms with Gasteiger partial charge in [0.05, 0.1) is 0 Å². The van der Waals surface area contributed by atoms with Crippen molar-refractivity contribution < 1.29 is 35.7 Å². The molecule has 0 aliphatic rings. The summed E-state index contributed by atoms with van der Waals surface area (Å²) >= 11 is 0. The normalized spacial score (nSPS) is 14.1. The lowest BCUT2D eigenvalue weighted by molar-refractivity contribution is -0.488. The van der Waals surface area contributed by atoms with Gasteiger partial charge in [0.2, 0.25) is 5.79 Å². The van der Waals surface area contributed by atoms with Crippen molar-refractivity contribution in [2.45, 2.75) is 57.0 Å². The summed E-state index contributed by atoms with van der Waals surface area (Å²) in [5, 5.41) is 66.8. The highest BCUT2D eigenvalue weighted by atomic mass is 16.7. The molecule has 8 heteroatoms. The van der Waals surface area contributed by atoms with Crippen molar-refractivity contribution >= 4 is 0 Å². The predicted octanol–water partition coefficient (Wildman–Crippen LogP) is -2.12. The van der Waals surface area contributed by atoms with Crippen LogP contribution < -0.4 is 0 Å². The largest absolute Gasteiger partial charge is 0.391 e. The zero-order chi connectivity index (χ0) is 16.0. The first-order chi connectivity index (χ1) is 9.08. The highest BCUT2D eigenvalue weighted by Gasteiger charge is 2.63. The molecule has 0 saturated heterocycles. The first kappa shape index (κ1) is 19.7. The van der Waals surface area contributed by atoms with E-state index in [-0.39, 0.29) is 13.1 Å². The van der Waals surface area contributed by atoms with E-state index < -0.39 is 24.1 Å². The molecule has 0 unspecified atom stereocenters. The van der Waals surface area contributed by atoms with E-state index in [0.29, 0.717) is 12.8 Å². The van der Waals surface area contributed by atoms with Crippen LogP contribution in [-0.2, 0) is 0 Å². The molecule has 0 radical (unpaired) electrons. The van der Waals surface area contributed by atoms with Gasteiger partial charge in [-0.25, -0.2) is 4.90 Å². The van der Waals surface area contributed by atoms with Crippen LogP contribution in [0.2, 0.25) is 0 Å². The number of aliphatic hydroxyl groups excluding tert-OH is 1. The second-order valence-corrected chi connectivity index (χ2v) is 4.98. The lowest BCUT2D eigenvalue weighted by Gasteiger charge is -2.46. The lowest BCUT2D eigenvalue weighted by atomic mass is 10.0. The molecule has 0 aromatic heterocycles. The summed E-state index contributed by atoms with van der Waals surface area (Å²) < 4.78 is 0. The molecule has 0 rings (SSSR count). The maximum Gasteiger partial charge on any atom is 0.292 e. The monoisotopic (exact) mass is 297 g/mol. The summed E-state index contributed by atoms with van der Waals surface area (Å²) in [6.07, 6.45) is 2.55. The van der Waals surface area contributed by atoms with Crippen molar-refractivity contribution in [3.63, 3.8) is 0 Å². The first-order valence-electron chi connectivity index (χ1n) is 6.78. The van der Waals surface area contributed by atoms with Crippen LogP contribution in [0, 0.1) is 0 Å². The molecule has 0 aromatic carbocycles. The SMILES string of the molecule is CCCCN(CCCC)C(O)(O)C(O)(O)C(O)(O)CO. The highest BCUT2D eigenvalue weighted by molar-refractivity contribution is 4.93. The fourth-order valence-corrected chi connectivity index (χ4v) is 1.72. The van der Waals surface area contributed by atoms with E-state index in [1.807, 2.05) is 13.8 Å². The minimum atomic E-state index is -3.74. The third kappa shape index (κ3) is 4.09. The van der Waals surface area contributed by atoms with Crippen molar-refractivity contribution in [3.05, 3.63) is 0 Å². The highest BCUT2D eigenvalue weighted by Crippen LogP contribution is 2.31. The second-order valence-electron chi connectivity index (χ2n) is 4.98. The van der Waals surface area contributed by atoms with Gasteiger partial charge in [-0.3, -0.25) is 0 Å². The average Bonchev–Trinajstić information content (AvgIpc) is 2.38. The van der Waals surface area contributed by atoms with Gasteiger partial charge >= 0.3 is 0 Å². The van der Waals surface area contributed by atoms with Crippen LogP contribution in [0.4, 0.5) is 0 Å². The van der Waals surface area contributed by atoms with E-state index >= 15 is 0 Å². The van der Waals surface area contributed by atoms with Crippen LogP contribution in [0.25, 0.3) is 0 Å². The number of nitrogens with zero attached hydrogens (tertiary/aromatic N) is 1. The Hall–Kier alpha value is -0.320. The Morgan fingerprint density at radius 2 is 1.20 bits per heavy atom. The van der Waals surface area contributed by atoms with Crippen molar-refractivity contribution in [2.24, 2.45) is 0 Å². The molecule has 0 aliphatic carbocycles. The Morgan fingerprint density at radius 3 is 1.50 bits per heavy atom. The van der Waals surface area contributed by atoms with E-state index in [2.05, 4.69) is 0 Å². The molecule has 0 heterocycles. The van der Waals surface area contributed by atoms with Crippen molar-refractivity contribution in [3.8, 4) is 0 Å². The van der Waals surface area contributed by atoms with Gasteiger partial charge in [0.25, 0.3) is 11.7 Å². The summed E-state index contributed by atoms with van der Waals surface area (Å²) in [5.41, 5.74) is 0. The molecule has 0 fully saturated rings. The molecule has 0 saturated carbocycles. The summed E-state index contributed by atoms with van der Waals surface area (Å²) in [4.78, 5) is 0.941. The van der Waals surface area contributed by atoms with Crippen LogP contribution in [0.3, 0.4) is 0 Å². The zero-order valence-corrected chi connectivity index (χ0v) is 12.0. The zero-order valence-electron chi connectivity index (χ0n) is 12.0. The van der Waals surface area contributed by atoms with Gasteiger partial charge in [-0.15, -0.1) is 0 Å². The van der Waals surface area contributed by atoms with Gasteiger partial charge in [-0.2, -0.15) is 0 Å². The molecular weight excluding hydrogens is 270 g/mol. The minimum Gasteiger partial charge on any atom is -0.391 e. The van der Waals surface area contributed by atoms with E-state index in [1.165, 1.54) is 0 Å². The van der Waals surface area contributed by atoms with Gasteiger partial charge < -0.3 is 35.7 Å². The maximum atomic E-state index is 9.97. The summed E-state index contributed by atoms with van der Waals surface area (Å²) in [7, 11) is 0. The number of hydrogen-bond donors (Lipinski definition) is 7. The van der Waals surface area contributed by atoms with Crippen molar-refractivity contribution in [2.75, 3.05) is 19.7 Å². The van der Waals surface area contributed by atoms with Gasteiger partial charge in [0.15, 0.2) is 0 Å². The molecule has 8 nitrogen and oxygen atoms in total. The molecule has 0 spiro atoms. The molecule has 122 valence electrons. The molecule has 0 atom stereocenters. The Morgan fingerprint density at radius 1 is 0.800 bits per heavy atom. The topological polar surface area (TPSA) is 145 Å². The van der Waals surface area contributed by atoms with Crippen LogP contribution in [0.5, 0.6) is 0 Å². The fraction of sp³-hybridized carbons (Fsp3) is 1.00. The summed E-state index contributed by atoms with van der Waals surface area (Å²) in [6, 6.07) is 0. The summed E-state index contributed by atoms with van der Waals surface area (Å²) in [6.45, 7) is 2.51. The molecule has 0 aliphatic heterocycles. The van der Waals surface area contributed by atoms with Crippen molar-refractivity contribution in [1.29, 1.82) is 0 Å². The Balaban J connectivity index is 5.26. The van der Waals surface area contributed by atoms with Gasteiger partial charge in [-0.1, -0.05) is 26.7 Å². The van der Waals surface area contributed by atoms with Gasteiger partial charge in [0.1, 0.15) is 6.61 Å². The standard InChI is InChI=1S/C12H27NO7/c1-3-5-7-13(8-6-4-2)12(19,20)11(17,18)10(15,16)9-14/h14-20H,3-9H2,1-2H3.